The summed E-state index contributed by atoms with van der Waals surface area (Å²) in [5.74, 6) is 1.47. The van der Waals surface area contributed by atoms with Crippen LogP contribution < -0.4 is 20.3 Å². The Hall–Kier alpha value is -2.21. The van der Waals surface area contributed by atoms with E-state index in [4.69, 9.17) is 21.1 Å². The predicted octanol–water partition coefficient (Wildman–Crippen LogP) is 2.18. The Kier molecular flexibility index (Phi) is 3.91. The molecule has 0 fully saturated rings. The van der Waals surface area contributed by atoms with Crippen LogP contribution in [-0.4, -0.2) is 24.2 Å². The van der Waals surface area contributed by atoms with Crippen LogP contribution in [0.4, 0.5) is 11.5 Å². The van der Waals surface area contributed by atoms with Gasteiger partial charge in [0.15, 0.2) is 5.82 Å². The molecule has 0 bridgehead atoms. The molecule has 6 nitrogen and oxygen atoms in total. The zero-order valence-corrected chi connectivity index (χ0v) is 11.1. The maximum Gasteiger partial charge on any atom is 0.271 e. The third kappa shape index (κ3) is 2.79. The standard InChI is InChI=1S/C12H12ClN3O3/c1-18-7-3-4-8(9(5-7)19-2)16-11-10(13)12(17)15-6-14-11/h3-6H,1-2H3,(H2,14,15,16,17). The van der Waals surface area contributed by atoms with Crippen molar-refractivity contribution in [3.8, 4) is 11.5 Å². The monoisotopic (exact) mass is 281 g/mol. The molecule has 19 heavy (non-hydrogen) atoms. The minimum atomic E-state index is -0.411. The molecule has 1 aromatic heterocycles. The summed E-state index contributed by atoms with van der Waals surface area (Å²) in [4.78, 5) is 17.7. The Morgan fingerprint density at radius 2 is 2.11 bits per heavy atom. The molecule has 0 aliphatic rings. The summed E-state index contributed by atoms with van der Waals surface area (Å²) < 4.78 is 10.3. The highest BCUT2D eigenvalue weighted by Gasteiger charge is 2.10. The Morgan fingerprint density at radius 3 is 2.79 bits per heavy atom. The van der Waals surface area contributed by atoms with E-state index in [0.717, 1.165) is 0 Å². The van der Waals surface area contributed by atoms with Gasteiger partial charge in [0.05, 0.1) is 26.2 Å². The van der Waals surface area contributed by atoms with E-state index >= 15 is 0 Å². The van der Waals surface area contributed by atoms with Crippen molar-refractivity contribution >= 4 is 23.1 Å². The zero-order chi connectivity index (χ0) is 13.8. The van der Waals surface area contributed by atoms with Crippen LogP contribution in [0.15, 0.2) is 29.3 Å². The van der Waals surface area contributed by atoms with E-state index in [-0.39, 0.29) is 10.8 Å². The molecular weight excluding hydrogens is 270 g/mol. The van der Waals surface area contributed by atoms with Crippen molar-refractivity contribution in [1.29, 1.82) is 0 Å². The van der Waals surface area contributed by atoms with E-state index < -0.39 is 5.56 Å². The topological polar surface area (TPSA) is 76.2 Å². The van der Waals surface area contributed by atoms with Crippen molar-refractivity contribution in [3.05, 3.63) is 39.9 Å². The molecule has 1 heterocycles. The fourth-order valence-electron chi connectivity index (χ4n) is 1.50. The number of aromatic amines is 1. The predicted molar refractivity (Wildman–Crippen MR) is 72.7 cm³/mol. The second-order valence-corrected chi connectivity index (χ2v) is 3.96. The highest BCUT2D eigenvalue weighted by atomic mass is 35.5. The third-order valence-electron chi connectivity index (χ3n) is 2.46. The van der Waals surface area contributed by atoms with E-state index in [1.807, 2.05) is 0 Å². The molecule has 0 unspecified atom stereocenters. The van der Waals surface area contributed by atoms with Gasteiger partial charge < -0.3 is 19.8 Å². The number of halogens is 1. The number of nitrogens with zero attached hydrogens (tertiary/aromatic N) is 1. The van der Waals surface area contributed by atoms with Gasteiger partial charge in [-0.15, -0.1) is 0 Å². The first-order valence-corrected chi connectivity index (χ1v) is 5.75. The molecule has 2 rings (SSSR count). The summed E-state index contributed by atoms with van der Waals surface area (Å²) in [7, 11) is 3.10. The molecule has 1 aromatic carbocycles. The van der Waals surface area contributed by atoms with Gasteiger partial charge in [-0.2, -0.15) is 0 Å². The van der Waals surface area contributed by atoms with E-state index in [0.29, 0.717) is 17.2 Å². The molecule has 0 aliphatic carbocycles. The first-order valence-electron chi connectivity index (χ1n) is 5.38. The summed E-state index contributed by atoms with van der Waals surface area (Å²) in [6.45, 7) is 0. The number of methoxy groups -OCH3 is 2. The molecule has 0 spiro atoms. The second kappa shape index (κ2) is 5.62. The van der Waals surface area contributed by atoms with Crippen LogP contribution in [0.1, 0.15) is 0 Å². The van der Waals surface area contributed by atoms with Crippen LogP contribution >= 0.6 is 11.6 Å². The number of aromatic nitrogens is 2. The number of H-pyrrole nitrogens is 1. The quantitative estimate of drug-likeness (QED) is 0.898. The van der Waals surface area contributed by atoms with Crippen LogP contribution in [0.3, 0.4) is 0 Å². The lowest BCUT2D eigenvalue weighted by Gasteiger charge is -2.12. The highest BCUT2D eigenvalue weighted by Crippen LogP contribution is 2.31. The lowest BCUT2D eigenvalue weighted by molar-refractivity contribution is 0.395. The number of ether oxygens (including phenoxy) is 2. The Bertz CT molecular complexity index is 642. The van der Waals surface area contributed by atoms with Gasteiger partial charge in [0.2, 0.25) is 0 Å². The molecule has 2 aromatic rings. The van der Waals surface area contributed by atoms with Crippen LogP contribution in [-0.2, 0) is 0 Å². The van der Waals surface area contributed by atoms with Gasteiger partial charge in [-0.25, -0.2) is 4.98 Å². The van der Waals surface area contributed by atoms with E-state index in [2.05, 4.69) is 15.3 Å². The van der Waals surface area contributed by atoms with E-state index in [1.165, 1.54) is 13.4 Å². The highest BCUT2D eigenvalue weighted by molar-refractivity contribution is 6.32. The Labute approximate surface area is 114 Å². The SMILES string of the molecule is COc1ccc(Nc2nc[nH]c(=O)c2Cl)c(OC)c1. The van der Waals surface area contributed by atoms with Crippen LogP contribution in [0, 0.1) is 0 Å². The maximum atomic E-state index is 11.4. The lowest BCUT2D eigenvalue weighted by atomic mass is 10.2. The number of hydrogen-bond donors (Lipinski definition) is 2. The minimum absolute atomic E-state index is 0.0135. The summed E-state index contributed by atoms with van der Waals surface area (Å²) in [5.41, 5.74) is 0.218. The van der Waals surface area contributed by atoms with Crippen molar-refractivity contribution < 1.29 is 9.47 Å². The van der Waals surface area contributed by atoms with E-state index in [9.17, 15) is 4.79 Å². The smallest absolute Gasteiger partial charge is 0.271 e. The summed E-state index contributed by atoms with van der Waals surface area (Å²) in [5, 5.41) is 2.93. The fourth-order valence-corrected chi connectivity index (χ4v) is 1.65. The van der Waals surface area contributed by atoms with Gasteiger partial charge in [-0.1, -0.05) is 11.6 Å². The van der Waals surface area contributed by atoms with Crippen molar-refractivity contribution in [1.82, 2.24) is 9.97 Å². The number of benzene rings is 1. The Morgan fingerprint density at radius 1 is 1.32 bits per heavy atom. The van der Waals surface area contributed by atoms with Gasteiger partial charge in [0.25, 0.3) is 5.56 Å². The number of rotatable bonds is 4. The summed E-state index contributed by atoms with van der Waals surface area (Å²) in [6, 6.07) is 5.21. The normalized spacial score (nSPS) is 10.1. The largest absolute Gasteiger partial charge is 0.497 e. The van der Waals surface area contributed by atoms with Crippen LogP contribution in [0.5, 0.6) is 11.5 Å². The molecule has 7 heteroatoms. The van der Waals surface area contributed by atoms with Gasteiger partial charge in [0.1, 0.15) is 16.5 Å². The molecule has 0 amide bonds. The van der Waals surface area contributed by atoms with Crippen molar-refractivity contribution in [2.24, 2.45) is 0 Å². The molecule has 100 valence electrons. The average molecular weight is 282 g/mol. The van der Waals surface area contributed by atoms with Crippen molar-refractivity contribution in [2.45, 2.75) is 0 Å². The molecule has 0 saturated carbocycles. The molecule has 0 atom stereocenters. The first kappa shape index (κ1) is 13.2. The van der Waals surface area contributed by atoms with Crippen LogP contribution in [0.2, 0.25) is 5.02 Å². The van der Waals surface area contributed by atoms with Gasteiger partial charge >= 0.3 is 0 Å². The third-order valence-corrected chi connectivity index (χ3v) is 2.81. The first-order chi connectivity index (χ1) is 9.15. The molecule has 0 radical (unpaired) electrons. The average Bonchev–Trinajstić information content (AvgIpc) is 2.44. The summed E-state index contributed by atoms with van der Waals surface area (Å²) in [6.07, 6.45) is 1.27. The Balaban J connectivity index is 2.38. The molecule has 0 saturated heterocycles. The maximum absolute atomic E-state index is 11.4. The minimum Gasteiger partial charge on any atom is -0.497 e. The van der Waals surface area contributed by atoms with Gasteiger partial charge in [-0.05, 0) is 12.1 Å². The molecule has 0 aliphatic heterocycles. The van der Waals surface area contributed by atoms with E-state index in [1.54, 1.807) is 25.3 Å². The van der Waals surface area contributed by atoms with Crippen molar-refractivity contribution in [3.63, 3.8) is 0 Å². The summed E-state index contributed by atoms with van der Waals surface area (Å²) >= 11 is 5.86. The van der Waals surface area contributed by atoms with Gasteiger partial charge in [0, 0.05) is 6.07 Å². The van der Waals surface area contributed by atoms with Crippen molar-refractivity contribution in [2.75, 3.05) is 19.5 Å². The number of hydrogen-bond acceptors (Lipinski definition) is 5. The second-order valence-electron chi connectivity index (χ2n) is 3.59. The van der Waals surface area contributed by atoms with Gasteiger partial charge in [-0.3, -0.25) is 4.79 Å². The zero-order valence-electron chi connectivity index (χ0n) is 10.4. The molecular formula is C12H12ClN3O3. The molecule has 2 N–H and O–H groups in total. The number of anilines is 2. The lowest BCUT2D eigenvalue weighted by Crippen LogP contribution is -2.10. The fraction of sp³-hybridized carbons (Fsp3) is 0.167. The van der Waals surface area contributed by atoms with Crippen LogP contribution in [0.25, 0.3) is 0 Å². The number of nitrogens with one attached hydrogen (secondary N) is 2.